The molecule has 0 aliphatic heterocycles. The van der Waals surface area contributed by atoms with Crippen LogP contribution in [0.2, 0.25) is 0 Å². The van der Waals surface area contributed by atoms with Crippen LogP contribution < -0.4 is 0 Å². The smallest absolute Gasteiger partial charge is 0.272 e. The molecule has 0 rings (SSSR count). The van der Waals surface area contributed by atoms with Crippen molar-refractivity contribution in [3.8, 4) is 0 Å². The SMILES string of the molecule is CCCOOC(=S)C(=O)CC(C)=O.CCCOOC(=S)C(=O)CC(C)=O.[Ti]. The summed E-state index contributed by atoms with van der Waals surface area (Å²) in [6, 6.07) is 0. The molecule has 0 bridgehead atoms. The average Bonchev–Trinajstić information content (AvgIpc) is 2.54. The third kappa shape index (κ3) is 21.3. The van der Waals surface area contributed by atoms with E-state index in [1.807, 2.05) is 13.8 Å². The number of carbonyl (C=O) groups excluding carboxylic acids is 4. The van der Waals surface area contributed by atoms with Gasteiger partial charge in [-0.1, -0.05) is 13.8 Å². The van der Waals surface area contributed by atoms with Gasteiger partial charge in [-0.05, 0) is 51.1 Å². The monoisotopic (exact) mass is 456 g/mol. The van der Waals surface area contributed by atoms with Crippen LogP contribution in [-0.4, -0.2) is 46.4 Å². The summed E-state index contributed by atoms with van der Waals surface area (Å²) in [6.07, 6.45) is 1.08. The minimum absolute atomic E-state index is 0. The van der Waals surface area contributed by atoms with Crippen molar-refractivity contribution in [2.45, 2.75) is 53.4 Å². The van der Waals surface area contributed by atoms with E-state index in [-0.39, 0.29) is 56.2 Å². The fraction of sp³-hybridized carbons (Fsp3) is 0.625. The summed E-state index contributed by atoms with van der Waals surface area (Å²) >= 11 is 9.12. The second-order valence-electron chi connectivity index (χ2n) is 4.99. The zero-order valence-electron chi connectivity index (χ0n) is 15.8. The van der Waals surface area contributed by atoms with Gasteiger partial charge in [0.25, 0.3) is 10.1 Å². The van der Waals surface area contributed by atoms with Gasteiger partial charge in [-0.15, -0.1) is 0 Å². The first-order valence-corrected chi connectivity index (χ1v) is 8.69. The molecule has 0 heterocycles. The van der Waals surface area contributed by atoms with Crippen LogP contribution in [0.25, 0.3) is 0 Å². The zero-order chi connectivity index (χ0) is 20.5. The summed E-state index contributed by atoms with van der Waals surface area (Å²) in [5.41, 5.74) is 0. The number of ketones is 4. The van der Waals surface area contributed by atoms with Gasteiger partial charge in [0.15, 0.2) is 0 Å². The normalized spacial score (nSPS) is 9.04. The molecule has 0 aromatic carbocycles. The van der Waals surface area contributed by atoms with Gasteiger partial charge in [-0.25, -0.2) is 0 Å². The number of thiocarbonyl (C=S) groups is 2. The third-order valence-corrected chi connectivity index (χ3v) is 2.71. The molecule has 0 aromatic rings. The van der Waals surface area contributed by atoms with E-state index in [1.165, 1.54) is 13.8 Å². The van der Waals surface area contributed by atoms with Crippen molar-refractivity contribution in [3.05, 3.63) is 0 Å². The molecular weight excluding hydrogens is 432 g/mol. The molecule has 0 saturated carbocycles. The van der Waals surface area contributed by atoms with Crippen LogP contribution in [-0.2, 0) is 60.4 Å². The number of Topliss-reactive ketones (excluding diaryl/α,β-unsaturated/α-hetero) is 4. The summed E-state index contributed by atoms with van der Waals surface area (Å²) in [7, 11) is 0. The van der Waals surface area contributed by atoms with Gasteiger partial charge in [0.05, 0.1) is 26.1 Å². The van der Waals surface area contributed by atoms with Crippen LogP contribution in [0.3, 0.4) is 0 Å². The van der Waals surface area contributed by atoms with Crippen molar-refractivity contribution >= 4 is 57.7 Å². The Morgan fingerprint density at radius 2 is 1.00 bits per heavy atom. The summed E-state index contributed by atoms with van der Waals surface area (Å²) in [5, 5.41) is -0.577. The standard InChI is InChI=1S/2C8H12O4S.Ti/c2*1-3-4-11-12-8(13)7(10)5-6(2)9;/h2*3-5H2,1-2H3;. The molecule has 0 fully saturated rings. The maximum atomic E-state index is 11.0. The molecule has 27 heavy (non-hydrogen) atoms. The summed E-state index contributed by atoms with van der Waals surface area (Å²) in [5.74, 6) is -1.52. The Kier molecular flexibility index (Phi) is 22.6. The van der Waals surface area contributed by atoms with E-state index < -0.39 is 11.6 Å². The fourth-order valence-corrected chi connectivity index (χ4v) is 1.29. The van der Waals surface area contributed by atoms with Crippen molar-refractivity contribution in [1.82, 2.24) is 0 Å². The first kappa shape index (κ1) is 30.8. The molecule has 0 unspecified atom stereocenters. The number of hydrogen-bond acceptors (Lipinski definition) is 10. The van der Waals surface area contributed by atoms with E-state index in [0.29, 0.717) is 13.2 Å². The molecule has 8 nitrogen and oxygen atoms in total. The Bertz CT molecular complexity index is 477. The molecule has 0 aliphatic carbocycles. The van der Waals surface area contributed by atoms with Crippen LogP contribution in [0.1, 0.15) is 53.4 Å². The molecule has 0 spiro atoms. The first-order valence-electron chi connectivity index (χ1n) is 7.87. The Hall–Kier alpha value is -0.906. The van der Waals surface area contributed by atoms with Crippen LogP contribution in [0.5, 0.6) is 0 Å². The molecule has 0 aromatic heterocycles. The number of rotatable bonds is 12. The van der Waals surface area contributed by atoms with Crippen molar-refractivity contribution in [3.63, 3.8) is 0 Å². The average molecular weight is 456 g/mol. The second-order valence-corrected chi connectivity index (χ2v) is 5.73. The van der Waals surface area contributed by atoms with Crippen LogP contribution >= 0.6 is 24.4 Å². The zero-order valence-corrected chi connectivity index (χ0v) is 19.0. The molecule has 152 valence electrons. The van der Waals surface area contributed by atoms with Gasteiger partial charge in [0, 0.05) is 21.7 Å². The quantitative estimate of drug-likeness (QED) is 0.109. The Balaban J connectivity index is -0.000000411. The molecule has 11 heteroatoms. The second kappa shape index (κ2) is 19.8. The largest absolute Gasteiger partial charge is 0.322 e. The minimum Gasteiger partial charge on any atom is -0.322 e. The van der Waals surface area contributed by atoms with Gasteiger partial charge < -0.3 is 9.78 Å². The number of carbonyl (C=O) groups is 4. The van der Waals surface area contributed by atoms with Crippen molar-refractivity contribution < 1.29 is 60.4 Å². The minimum atomic E-state index is -0.515. The van der Waals surface area contributed by atoms with Gasteiger partial charge in [0.2, 0.25) is 11.6 Å². The molecular formula is C16H24O8S2Ti. The Morgan fingerprint density at radius 3 is 1.22 bits per heavy atom. The van der Waals surface area contributed by atoms with Crippen LogP contribution in [0.15, 0.2) is 0 Å². The topological polar surface area (TPSA) is 105 Å². The van der Waals surface area contributed by atoms with Gasteiger partial charge in [-0.3, -0.25) is 19.2 Å². The first-order chi connectivity index (χ1) is 12.1. The van der Waals surface area contributed by atoms with E-state index >= 15 is 0 Å². The van der Waals surface area contributed by atoms with Crippen molar-refractivity contribution in [2.24, 2.45) is 0 Å². The summed E-state index contributed by atoms with van der Waals surface area (Å²) in [4.78, 5) is 61.1. The third-order valence-electron chi connectivity index (χ3n) is 2.12. The predicted molar refractivity (Wildman–Crippen MR) is 100 cm³/mol. The maximum Gasteiger partial charge on any atom is 0.272 e. The van der Waals surface area contributed by atoms with E-state index in [0.717, 1.165) is 12.8 Å². The molecule has 0 amide bonds. The predicted octanol–water partition coefficient (Wildman–Crippen LogP) is 2.44. The molecule has 0 atom stereocenters. The molecule has 0 N–H and O–H groups in total. The Labute approximate surface area is 184 Å². The summed E-state index contributed by atoms with van der Waals surface area (Å²) in [6.45, 7) is 7.15. The maximum absolute atomic E-state index is 11.0. The molecule has 0 aliphatic rings. The van der Waals surface area contributed by atoms with Crippen molar-refractivity contribution in [2.75, 3.05) is 13.2 Å². The van der Waals surface area contributed by atoms with E-state index in [9.17, 15) is 19.2 Å². The molecule has 0 saturated heterocycles. The van der Waals surface area contributed by atoms with Gasteiger partial charge >= 0.3 is 0 Å². The van der Waals surface area contributed by atoms with E-state index in [1.54, 1.807) is 0 Å². The van der Waals surface area contributed by atoms with Gasteiger partial charge in [-0.2, -0.15) is 9.78 Å². The van der Waals surface area contributed by atoms with Crippen LogP contribution in [0, 0.1) is 0 Å². The Morgan fingerprint density at radius 1 is 0.704 bits per heavy atom. The van der Waals surface area contributed by atoms with Crippen molar-refractivity contribution in [1.29, 1.82) is 0 Å². The van der Waals surface area contributed by atoms with E-state index in [4.69, 9.17) is 0 Å². The summed E-state index contributed by atoms with van der Waals surface area (Å²) < 4.78 is 0. The fourth-order valence-electron chi connectivity index (χ4n) is 1.05. The number of hydrogen-bond donors (Lipinski definition) is 0. The van der Waals surface area contributed by atoms with E-state index in [2.05, 4.69) is 44.0 Å². The molecule has 0 radical (unpaired) electrons. The van der Waals surface area contributed by atoms with Crippen LogP contribution in [0.4, 0.5) is 0 Å². The van der Waals surface area contributed by atoms with Gasteiger partial charge in [0.1, 0.15) is 11.6 Å².